The highest BCUT2D eigenvalue weighted by atomic mass is 14.3. The van der Waals surface area contributed by atoms with Crippen molar-refractivity contribution in [2.24, 2.45) is 5.92 Å². The number of rotatable bonds is 3. The monoisotopic (exact) mass is 214 g/mol. The number of hydrogen-bond acceptors (Lipinski definition) is 0. The lowest BCUT2D eigenvalue weighted by Gasteiger charge is -2.27. The molecule has 2 saturated carbocycles. The maximum absolute atomic E-state index is 2.39. The molecule has 1 aromatic carbocycles. The zero-order valence-corrected chi connectivity index (χ0v) is 10.1. The van der Waals surface area contributed by atoms with Crippen LogP contribution in [0, 0.1) is 5.92 Å². The standard InChI is InChI=1S/C16H22/c1-2-9-14(8-1)16-11-4-3-10-15(16)12-13-6-5-7-13/h3-4,10-11,13-14H,1-2,5-9,12H2. The first-order valence-corrected chi connectivity index (χ1v) is 7.01. The van der Waals surface area contributed by atoms with Crippen molar-refractivity contribution < 1.29 is 0 Å². The van der Waals surface area contributed by atoms with Gasteiger partial charge in [0, 0.05) is 0 Å². The van der Waals surface area contributed by atoms with E-state index >= 15 is 0 Å². The highest BCUT2D eigenvalue weighted by Gasteiger charge is 2.23. The van der Waals surface area contributed by atoms with Gasteiger partial charge in [-0.1, -0.05) is 56.4 Å². The minimum atomic E-state index is 0.885. The lowest BCUT2D eigenvalue weighted by Crippen LogP contribution is -2.15. The molecule has 0 bridgehead atoms. The Kier molecular flexibility index (Phi) is 2.99. The Bertz CT molecular complexity index is 343. The first kappa shape index (κ1) is 10.4. The minimum absolute atomic E-state index is 0.885. The van der Waals surface area contributed by atoms with Crippen molar-refractivity contribution in [1.82, 2.24) is 0 Å². The van der Waals surface area contributed by atoms with Crippen LogP contribution in [0.4, 0.5) is 0 Å². The molecular weight excluding hydrogens is 192 g/mol. The van der Waals surface area contributed by atoms with Gasteiger partial charge in [0.25, 0.3) is 0 Å². The van der Waals surface area contributed by atoms with Gasteiger partial charge in [-0.15, -0.1) is 0 Å². The summed E-state index contributed by atoms with van der Waals surface area (Å²) in [5.41, 5.74) is 3.35. The molecule has 2 aliphatic carbocycles. The van der Waals surface area contributed by atoms with Crippen LogP contribution in [0.5, 0.6) is 0 Å². The first-order chi connectivity index (χ1) is 7.93. The van der Waals surface area contributed by atoms with E-state index in [9.17, 15) is 0 Å². The van der Waals surface area contributed by atoms with Crippen molar-refractivity contribution in [2.45, 2.75) is 57.3 Å². The van der Waals surface area contributed by atoms with Gasteiger partial charge >= 0.3 is 0 Å². The highest BCUT2D eigenvalue weighted by molar-refractivity contribution is 5.31. The maximum Gasteiger partial charge on any atom is -0.0159 e. The Morgan fingerprint density at radius 2 is 1.62 bits per heavy atom. The summed E-state index contributed by atoms with van der Waals surface area (Å²) in [6.45, 7) is 0. The third kappa shape index (κ3) is 2.03. The Balaban J connectivity index is 1.78. The summed E-state index contributed by atoms with van der Waals surface area (Å²) in [4.78, 5) is 0. The topological polar surface area (TPSA) is 0 Å². The molecule has 0 radical (unpaired) electrons. The Morgan fingerprint density at radius 3 is 2.31 bits per heavy atom. The average Bonchev–Trinajstić information content (AvgIpc) is 2.77. The molecule has 0 unspecified atom stereocenters. The molecule has 0 atom stereocenters. The van der Waals surface area contributed by atoms with Crippen LogP contribution in [-0.2, 0) is 6.42 Å². The second kappa shape index (κ2) is 4.61. The average molecular weight is 214 g/mol. The van der Waals surface area contributed by atoms with Crippen LogP contribution in [0.2, 0.25) is 0 Å². The Morgan fingerprint density at radius 1 is 0.875 bits per heavy atom. The van der Waals surface area contributed by atoms with Gasteiger partial charge in [0.15, 0.2) is 0 Å². The number of hydrogen-bond donors (Lipinski definition) is 0. The van der Waals surface area contributed by atoms with Gasteiger partial charge in [-0.3, -0.25) is 0 Å². The van der Waals surface area contributed by atoms with Gasteiger partial charge in [-0.05, 0) is 42.2 Å². The molecule has 0 spiro atoms. The van der Waals surface area contributed by atoms with Crippen LogP contribution in [0.15, 0.2) is 24.3 Å². The molecule has 0 amide bonds. The molecule has 3 rings (SSSR count). The van der Waals surface area contributed by atoms with Gasteiger partial charge in [0.2, 0.25) is 0 Å². The van der Waals surface area contributed by atoms with E-state index in [1.807, 2.05) is 0 Å². The summed E-state index contributed by atoms with van der Waals surface area (Å²) < 4.78 is 0. The smallest absolute Gasteiger partial charge is 0.0159 e. The van der Waals surface area contributed by atoms with Crippen molar-refractivity contribution in [2.75, 3.05) is 0 Å². The van der Waals surface area contributed by atoms with E-state index in [-0.39, 0.29) is 0 Å². The molecule has 0 saturated heterocycles. The summed E-state index contributed by atoms with van der Waals surface area (Å²) in [6, 6.07) is 9.24. The van der Waals surface area contributed by atoms with Gasteiger partial charge in [0.05, 0.1) is 0 Å². The van der Waals surface area contributed by atoms with E-state index < -0.39 is 0 Å². The van der Waals surface area contributed by atoms with Gasteiger partial charge < -0.3 is 0 Å². The summed E-state index contributed by atoms with van der Waals surface area (Å²) in [6.07, 6.45) is 11.5. The fourth-order valence-corrected chi connectivity index (χ4v) is 3.36. The normalized spacial score (nSPS) is 22.2. The van der Waals surface area contributed by atoms with Crippen LogP contribution in [0.25, 0.3) is 0 Å². The molecular formula is C16H22. The second-order valence-corrected chi connectivity index (χ2v) is 5.68. The van der Waals surface area contributed by atoms with Crippen molar-refractivity contribution in [3.05, 3.63) is 35.4 Å². The second-order valence-electron chi connectivity index (χ2n) is 5.68. The van der Waals surface area contributed by atoms with Crippen LogP contribution in [-0.4, -0.2) is 0 Å². The molecule has 86 valence electrons. The van der Waals surface area contributed by atoms with E-state index in [0.29, 0.717) is 0 Å². The molecule has 16 heavy (non-hydrogen) atoms. The predicted octanol–water partition coefficient (Wildman–Crippen LogP) is 4.69. The van der Waals surface area contributed by atoms with Crippen LogP contribution in [0.3, 0.4) is 0 Å². The van der Waals surface area contributed by atoms with Gasteiger partial charge in [-0.2, -0.15) is 0 Å². The van der Waals surface area contributed by atoms with E-state index in [1.54, 1.807) is 11.1 Å². The molecule has 2 aliphatic rings. The molecule has 0 heteroatoms. The van der Waals surface area contributed by atoms with Crippen LogP contribution in [0.1, 0.15) is 62.0 Å². The fourth-order valence-electron chi connectivity index (χ4n) is 3.36. The highest BCUT2D eigenvalue weighted by Crippen LogP contribution is 2.38. The first-order valence-electron chi connectivity index (χ1n) is 7.01. The van der Waals surface area contributed by atoms with E-state index in [0.717, 1.165) is 11.8 Å². The van der Waals surface area contributed by atoms with E-state index in [2.05, 4.69) is 24.3 Å². The third-order valence-electron chi connectivity index (χ3n) is 4.58. The molecule has 0 nitrogen and oxygen atoms in total. The quantitative estimate of drug-likeness (QED) is 0.685. The van der Waals surface area contributed by atoms with E-state index in [1.165, 1.54) is 51.4 Å². The maximum atomic E-state index is 2.39. The zero-order valence-electron chi connectivity index (χ0n) is 10.1. The molecule has 0 N–H and O–H groups in total. The lowest BCUT2D eigenvalue weighted by atomic mass is 9.78. The SMILES string of the molecule is c1ccc(C2CCCC2)c(CC2CCC2)c1. The summed E-state index contributed by atoms with van der Waals surface area (Å²) in [5.74, 6) is 1.89. The zero-order chi connectivity index (χ0) is 10.8. The van der Waals surface area contributed by atoms with Crippen molar-refractivity contribution in [3.63, 3.8) is 0 Å². The summed E-state index contributed by atoms with van der Waals surface area (Å²) in [7, 11) is 0. The Labute approximate surface area is 99.1 Å². The van der Waals surface area contributed by atoms with Crippen LogP contribution < -0.4 is 0 Å². The molecule has 1 aromatic rings. The fraction of sp³-hybridized carbons (Fsp3) is 0.625. The van der Waals surface area contributed by atoms with Gasteiger partial charge in [0.1, 0.15) is 0 Å². The molecule has 2 fully saturated rings. The molecule has 0 heterocycles. The predicted molar refractivity (Wildman–Crippen MR) is 68.7 cm³/mol. The lowest BCUT2D eigenvalue weighted by molar-refractivity contribution is 0.313. The van der Waals surface area contributed by atoms with Crippen molar-refractivity contribution >= 4 is 0 Å². The van der Waals surface area contributed by atoms with Gasteiger partial charge in [-0.25, -0.2) is 0 Å². The molecule has 0 aromatic heterocycles. The largest absolute Gasteiger partial charge is 0.0620 e. The molecule has 0 aliphatic heterocycles. The van der Waals surface area contributed by atoms with Crippen LogP contribution >= 0.6 is 0 Å². The minimum Gasteiger partial charge on any atom is -0.0620 e. The number of benzene rings is 1. The van der Waals surface area contributed by atoms with Crippen molar-refractivity contribution in [1.29, 1.82) is 0 Å². The summed E-state index contributed by atoms with van der Waals surface area (Å²) in [5, 5.41) is 0. The summed E-state index contributed by atoms with van der Waals surface area (Å²) >= 11 is 0. The third-order valence-corrected chi connectivity index (χ3v) is 4.58. The van der Waals surface area contributed by atoms with E-state index in [4.69, 9.17) is 0 Å². The Hall–Kier alpha value is -0.780. The van der Waals surface area contributed by atoms with Crippen molar-refractivity contribution in [3.8, 4) is 0 Å².